The van der Waals surface area contributed by atoms with Crippen molar-refractivity contribution in [3.8, 4) is 0 Å². The SMILES string of the molecule is Cc1ccc(S(=O)(=O)NC2CCCSC2)cc1N. The minimum absolute atomic E-state index is 0.0382. The Balaban J connectivity index is 2.16. The summed E-state index contributed by atoms with van der Waals surface area (Å²) in [4.78, 5) is 0.251. The van der Waals surface area contributed by atoms with Gasteiger partial charge in [-0.2, -0.15) is 11.8 Å². The first-order valence-electron chi connectivity index (χ1n) is 5.95. The fourth-order valence-electron chi connectivity index (χ4n) is 1.91. The maximum atomic E-state index is 12.2. The van der Waals surface area contributed by atoms with E-state index in [4.69, 9.17) is 5.73 Å². The highest BCUT2D eigenvalue weighted by atomic mass is 32.2. The smallest absolute Gasteiger partial charge is 0.240 e. The standard InChI is InChI=1S/C12H18N2O2S2/c1-9-4-5-11(7-12(9)13)18(15,16)14-10-3-2-6-17-8-10/h4-5,7,10,14H,2-3,6,8,13H2,1H3. The summed E-state index contributed by atoms with van der Waals surface area (Å²) >= 11 is 1.79. The van der Waals surface area contributed by atoms with E-state index in [-0.39, 0.29) is 10.9 Å². The van der Waals surface area contributed by atoms with Crippen molar-refractivity contribution in [2.75, 3.05) is 17.2 Å². The van der Waals surface area contributed by atoms with Gasteiger partial charge in [0.1, 0.15) is 0 Å². The van der Waals surface area contributed by atoms with Gasteiger partial charge in [0.05, 0.1) is 4.90 Å². The van der Waals surface area contributed by atoms with Gasteiger partial charge in [-0.3, -0.25) is 0 Å². The number of hydrogen-bond acceptors (Lipinski definition) is 4. The molecule has 0 amide bonds. The summed E-state index contributed by atoms with van der Waals surface area (Å²) in [5, 5.41) is 0. The number of rotatable bonds is 3. The van der Waals surface area contributed by atoms with E-state index in [0.29, 0.717) is 5.69 Å². The zero-order valence-electron chi connectivity index (χ0n) is 10.3. The molecule has 0 radical (unpaired) electrons. The molecule has 1 aliphatic rings. The topological polar surface area (TPSA) is 72.2 Å². The third-order valence-electron chi connectivity index (χ3n) is 3.04. The molecule has 1 heterocycles. The molecule has 0 aliphatic carbocycles. The quantitative estimate of drug-likeness (QED) is 0.830. The molecular weight excluding hydrogens is 268 g/mol. The second-order valence-corrected chi connectivity index (χ2v) is 7.42. The summed E-state index contributed by atoms with van der Waals surface area (Å²) in [6, 6.07) is 4.90. The Kier molecular flexibility index (Phi) is 4.19. The molecule has 6 heteroatoms. The molecule has 0 saturated carbocycles. The molecular formula is C12H18N2O2S2. The number of benzene rings is 1. The lowest BCUT2D eigenvalue weighted by Gasteiger charge is -2.22. The number of anilines is 1. The summed E-state index contributed by atoms with van der Waals surface area (Å²) < 4.78 is 27.1. The monoisotopic (exact) mass is 286 g/mol. The normalized spacial score (nSPS) is 20.8. The summed E-state index contributed by atoms with van der Waals surface area (Å²) in [6.45, 7) is 1.86. The highest BCUT2D eigenvalue weighted by molar-refractivity contribution is 7.99. The number of thioether (sulfide) groups is 1. The van der Waals surface area contributed by atoms with E-state index < -0.39 is 10.0 Å². The number of sulfonamides is 1. The van der Waals surface area contributed by atoms with Crippen molar-refractivity contribution in [3.63, 3.8) is 0 Å². The van der Waals surface area contributed by atoms with Gasteiger partial charge in [0.2, 0.25) is 10.0 Å². The highest BCUT2D eigenvalue weighted by Gasteiger charge is 2.22. The Morgan fingerprint density at radius 1 is 1.44 bits per heavy atom. The molecule has 0 bridgehead atoms. The third-order valence-corrected chi connectivity index (χ3v) is 5.78. The van der Waals surface area contributed by atoms with E-state index in [1.54, 1.807) is 23.9 Å². The minimum Gasteiger partial charge on any atom is -0.398 e. The first-order chi connectivity index (χ1) is 8.49. The van der Waals surface area contributed by atoms with Crippen LogP contribution in [0.5, 0.6) is 0 Å². The zero-order valence-corrected chi connectivity index (χ0v) is 12.0. The van der Waals surface area contributed by atoms with Crippen LogP contribution in [0, 0.1) is 6.92 Å². The van der Waals surface area contributed by atoms with E-state index in [0.717, 1.165) is 29.9 Å². The van der Waals surface area contributed by atoms with E-state index in [9.17, 15) is 8.42 Å². The summed E-state index contributed by atoms with van der Waals surface area (Å²) in [7, 11) is -3.44. The fraction of sp³-hybridized carbons (Fsp3) is 0.500. The predicted molar refractivity (Wildman–Crippen MR) is 76.3 cm³/mol. The predicted octanol–water partition coefficient (Wildman–Crippen LogP) is 1.75. The second kappa shape index (κ2) is 5.50. The van der Waals surface area contributed by atoms with Crippen LogP contribution >= 0.6 is 11.8 Å². The first-order valence-corrected chi connectivity index (χ1v) is 8.59. The summed E-state index contributed by atoms with van der Waals surface area (Å²) in [5.41, 5.74) is 7.16. The van der Waals surface area contributed by atoms with Crippen LogP contribution in [0.25, 0.3) is 0 Å². The second-order valence-electron chi connectivity index (χ2n) is 4.55. The molecule has 3 N–H and O–H groups in total. The fourth-order valence-corrected chi connectivity index (χ4v) is 4.39. The van der Waals surface area contributed by atoms with Crippen molar-refractivity contribution < 1.29 is 8.42 Å². The molecule has 1 aromatic carbocycles. The van der Waals surface area contributed by atoms with Crippen LogP contribution in [0.2, 0.25) is 0 Å². The average Bonchev–Trinajstić information content (AvgIpc) is 2.33. The average molecular weight is 286 g/mol. The molecule has 1 fully saturated rings. The van der Waals surface area contributed by atoms with Crippen molar-refractivity contribution in [2.45, 2.75) is 30.7 Å². The van der Waals surface area contributed by atoms with Gasteiger partial charge in [-0.15, -0.1) is 0 Å². The maximum Gasteiger partial charge on any atom is 0.240 e. The molecule has 100 valence electrons. The van der Waals surface area contributed by atoms with Crippen molar-refractivity contribution >= 4 is 27.5 Å². The molecule has 0 aromatic heterocycles. The van der Waals surface area contributed by atoms with E-state index in [1.165, 1.54) is 6.07 Å². The molecule has 1 saturated heterocycles. The molecule has 1 atom stereocenters. The van der Waals surface area contributed by atoms with Crippen molar-refractivity contribution in [1.82, 2.24) is 4.72 Å². The minimum atomic E-state index is -3.44. The van der Waals surface area contributed by atoms with Crippen LogP contribution in [0.3, 0.4) is 0 Å². The number of aryl methyl sites for hydroxylation is 1. The molecule has 4 nitrogen and oxygen atoms in total. The Morgan fingerprint density at radius 3 is 2.83 bits per heavy atom. The van der Waals surface area contributed by atoms with Crippen molar-refractivity contribution in [1.29, 1.82) is 0 Å². The number of nitrogens with one attached hydrogen (secondary N) is 1. The van der Waals surface area contributed by atoms with Crippen LogP contribution in [0.4, 0.5) is 5.69 Å². The Labute approximate surface area is 112 Å². The largest absolute Gasteiger partial charge is 0.398 e. The lowest BCUT2D eigenvalue weighted by molar-refractivity contribution is 0.543. The Bertz CT molecular complexity index is 523. The molecule has 18 heavy (non-hydrogen) atoms. The van der Waals surface area contributed by atoms with Gasteiger partial charge >= 0.3 is 0 Å². The number of nitrogens with two attached hydrogens (primary N) is 1. The van der Waals surface area contributed by atoms with E-state index in [2.05, 4.69) is 4.72 Å². The van der Waals surface area contributed by atoms with Gasteiger partial charge < -0.3 is 5.73 Å². The van der Waals surface area contributed by atoms with E-state index in [1.807, 2.05) is 6.92 Å². The highest BCUT2D eigenvalue weighted by Crippen LogP contribution is 2.21. The Hall–Kier alpha value is -0.720. The molecule has 0 spiro atoms. The van der Waals surface area contributed by atoms with Crippen LogP contribution in [-0.4, -0.2) is 26.0 Å². The van der Waals surface area contributed by atoms with Crippen LogP contribution in [0.15, 0.2) is 23.1 Å². The maximum absolute atomic E-state index is 12.2. The van der Waals surface area contributed by atoms with Gasteiger partial charge in [0.25, 0.3) is 0 Å². The molecule has 1 aromatic rings. The van der Waals surface area contributed by atoms with Gasteiger partial charge in [0, 0.05) is 17.5 Å². The van der Waals surface area contributed by atoms with Crippen molar-refractivity contribution in [3.05, 3.63) is 23.8 Å². The lowest BCUT2D eigenvalue weighted by atomic mass is 10.2. The van der Waals surface area contributed by atoms with Gasteiger partial charge in [0.15, 0.2) is 0 Å². The van der Waals surface area contributed by atoms with Crippen molar-refractivity contribution in [2.24, 2.45) is 0 Å². The first kappa shape index (κ1) is 13.7. The number of hydrogen-bond donors (Lipinski definition) is 2. The zero-order chi connectivity index (χ0) is 13.2. The van der Waals surface area contributed by atoms with Crippen LogP contribution in [-0.2, 0) is 10.0 Å². The van der Waals surface area contributed by atoms with Gasteiger partial charge in [-0.05, 0) is 43.2 Å². The summed E-state index contributed by atoms with van der Waals surface area (Å²) in [6.07, 6.45) is 1.97. The van der Waals surface area contributed by atoms with E-state index >= 15 is 0 Å². The van der Waals surface area contributed by atoms with Crippen LogP contribution in [0.1, 0.15) is 18.4 Å². The van der Waals surface area contributed by atoms with Gasteiger partial charge in [-0.1, -0.05) is 6.07 Å². The lowest BCUT2D eigenvalue weighted by Crippen LogP contribution is -2.38. The molecule has 1 unspecified atom stereocenters. The summed E-state index contributed by atoms with van der Waals surface area (Å²) in [5.74, 6) is 1.97. The third kappa shape index (κ3) is 3.18. The molecule has 2 rings (SSSR count). The number of nitrogen functional groups attached to an aromatic ring is 1. The Morgan fingerprint density at radius 2 is 2.22 bits per heavy atom. The van der Waals surface area contributed by atoms with Crippen LogP contribution < -0.4 is 10.5 Å². The molecule has 1 aliphatic heterocycles. The van der Waals surface area contributed by atoms with Gasteiger partial charge in [-0.25, -0.2) is 13.1 Å².